The highest BCUT2D eigenvalue weighted by Gasteiger charge is 2.32. The molecule has 0 saturated heterocycles. The van der Waals surface area contributed by atoms with Crippen LogP contribution in [0.2, 0.25) is 0 Å². The van der Waals surface area contributed by atoms with Gasteiger partial charge in [0.2, 0.25) is 5.89 Å². The minimum Gasteiger partial charge on any atom is -0.337 e. The molecule has 2 N–H and O–H groups in total. The first-order valence-corrected chi connectivity index (χ1v) is 9.07. The van der Waals surface area contributed by atoms with Crippen molar-refractivity contribution in [2.24, 2.45) is 5.92 Å². The number of carbonyl (C=O) groups is 1. The molecular weight excluding hydrogens is 316 g/mol. The lowest BCUT2D eigenvalue weighted by molar-refractivity contribution is 0.221. The summed E-state index contributed by atoms with van der Waals surface area (Å²) in [4.78, 5) is 17.0. The van der Waals surface area contributed by atoms with Crippen molar-refractivity contribution in [2.75, 3.05) is 0 Å². The van der Waals surface area contributed by atoms with Crippen LogP contribution in [-0.2, 0) is 12.8 Å². The smallest absolute Gasteiger partial charge is 0.315 e. The molecule has 1 aromatic carbocycles. The van der Waals surface area contributed by atoms with E-state index < -0.39 is 0 Å². The summed E-state index contributed by atoms with van der Waals surface area (Å²) >= 11 is 0. The van der Waals surface area contributed by atoms with E-state index in [9.17, 15) is 4.79 Å². The van der Waals surface area contributed by atoms with Gasteiger partial charge in [0.15, 0.2) is 5.82 Å². The lowest BCUT2D eigenvalue weighted by Crippen LogP contribution is -2.45. The molecule has 1 fully saturated rings. The summed E-state index contributed by atoms with van der Waals surface area (Å²) in [6.07, 6.45) is 4.01. The maximum atomic E-state index is 12.5. The van der Waals surface area contributed by atoms with Gasteiger partial charge in [-0.3, -0.25) is 0 Å². The van der Waals surface area contributed by atoms with Crippen LogP contribution in [-0.4, -0.2) is 22.2 Å². The maximum absolute atomic E-state index is 12.5. The van der Waals surface area contributed by atoms with Crippen LogP contribution in [0, 0.1) is 5.92 Å². The van der Waals surface area contributed by atoms with Gasteiger partial charge in [0.05, 0.1) is 0 Å². The van der Waals surface area contributed by atoms with E-state index in [0.29, 0.717) is 11.8 Å². The average Bonchev–Trinajstić information content (AvgIpc) is 3.17. The highest BCUT2D eigenvalue weighted by molar-refractivity contribution is 5.75. The van der Waals surface area contributed by atoms with Crippen molar-refractivity contribution < 1.29 is 9.32 Å². The summed E-state index contributed by atoms with van der Waals surface area (Å²) in [5.74, 6) is 1.88. The predicted molar refractivity (Wildman–Crippen MR) is 93.2 cm³/mol. The van der Waals surface area contributed by atoms with Crippen LogP contribution < -0.4 is 10.6 Å². The second-order valence-corrected chi connectivity index (χ2v) is 7.48. The summed E-state index contributed by atoms with van der Waals surface area (Å²) in [5, 5.41) is 10.2. The first kappa shape index (κ1) is 16.1. The Bertz CT molecular complexity index is 741. The Labute approximate surface area is 147 Å². The monoisotopic (exact) mass is 340 g/mol. The van der Waals surface area contributed by atoms with Crippen molar-refractivity contribution in [2.45, 2.75) is 57.5 Å². The van der Waals surface area contributed by atoms with Crippen LogP contribution in [0.4, 0.5) is 4.79 Å². The Hall–Kier alpha value is -2.37. The van der Waals surface area contributed by atoms with Crippen molar-refractivity contribution in [1.82, 2.24) is 20.8 Å². The Kier molecular flexibility index (Phi) is 4.19. The largest absolute Gasteiger partial charge is 0.337 e. The number of nitrogens with zero attached hydrogens (tertiary/aromatic N) is 2. The second-order valence-electron chi connectivity index (χ2n) is 7.48. The van der Waals surface area contributed by atoms with E-state index in [4.69, 9.17) is 4.52 Å². The summed E-state index contributed by atoms with van der Waals surface area (Å²) in [5.41, 5.74) is 2.64. The number of amides is 2. The molecule has 2 aliphatic carbocycles. The van der Waals surface area contributed by atoms with Crippen molar-refractivity contribution >= 4 is 6.03 Å². The summed E-state index contributed by atoms with van der Waals surface area (Å²) < 4.78 is 5.41. The third-order valence-electron chi connectivity index (χ3n) is 5.01. The molecule has 4 rings (SSSR count). The molecule has 0 bridgehead atoms. The Morgan fingerprint density at radius 1 is 1.20 bits per heavy atom. The third-order valence-corrected chi connectivity index (χ3v) is 5.01. The molecular formula is C19H24N4O2. The molecule has 6 heteroatoms. The quantitative estimate of drug-likeness (QED) is 0.876. The molecule has 132 valence electrons. The highest BCUT2D eigenvalue weighted by Crippen LogP contribution is 2.38. The average molecular weight is 340 g/mol. The predicted octanol–water partition coefficient (Wildman–Crippen LogP) is 3.11. The van der Waals surface area contributed by atoms with Crippen LogP contribution in [0.5, 0.6) is 0 Å². The molecule has 2 aliphatic rings. The Morgan fingerprint density at radius 3 is 2.48 bits per heavy atom. The number of benzene rings is 1. The number of aromatic nitrogens is 2. The number of rotatable bonds is 5. The lowest BCUT2D eigenvalue weighted by Gasteiger charge is -2.20. The van der Waals surface area contributed by atoms with Crippen LogP contribution in [0.15, 0.2) is 28.8 Å². The number of hydrogen-bond acceptors (Lipinski definition) is 4. The first-order chi connectivity index (χ1) is 12.1. The zero-order valence-corrected chi connectivity index (χ0v) is 14.7. The van der Waals surface area contributed by atoms with E-state index in [1.165, 1.54) is 11.1 Å². The fourth-order valence-corrected chi connectivity index (χ4v) is 3.42. The highest BCUT2D eigenvalue weighted by atomic mass is 16.5. The molecule has 2 aromatic rings. The maximum Gasteiger partial charge on any atom is 0.315 e. The number of fused-ring (bicyclic) bond motifs is 1. The van der Waals surface area contributed by atoms with E-state index in [1.807, 2.05) is 26.0 Å². The molecule has 1 atom stereocenters. The molecule has 0 spiro atoms. The van der Waals surface area contributed by atoms with Gasteiger partial charge in [-0.2, -0.15) is 4.98 Å². The van der Waals surface area contributed by atoms with Gasteiger partial charge >= 0.3 is 6.03 Å². The fourth-order valence-electron chi connectivity index (χ4n) is 3.42. The lowest BCUT2D eigenvalue weighted by atomic mass is 10.0. The topological polar surface area (TPSA) is 80.0 Å². The Balaban J connectivity index is 1.38. The van der Waals surface area contributed by atoms with E-state index in [1.54, 1.807) is 0 Å². The van der Waals surface area contributed by atoms with Gasteiger partial charge in [0, 0.05) is 12.0 Å². The molecule has 6 nitrogen and oxygen atoms in total. The SMILES string of the molecule is CC(C)[C@@H](NC(=O)NC1Cc2ccccc2C1)c1nc(C2CC2)no1. The zero-order valence-electron chi connectivity index (χ0n) is 14.7. The third kappa shape index (κ3) is 3.52. The van der Waals surface area contributed by atoms with Crippen molar-refractivity contribution in [3.05, 3.63) is 47.1 Å². The summed E-state index contributed by atoms with van der Waals surface area (Å²) in [6.45, 7) is 4.08. The summed E-state index contributed by atoms with van der Waals surface area (Å²) in [6, 6.07) is 8.03. The van der Waals surface area contributed by atoms with Crippen molar-refractivity contribution in [3.8, 4) is 0 Å². The standard InChI is InChI=1S/C19H24N4O2/c1-11(2)16(18-22-17(23-25-18)12-7-8-12)21-19(24)20-15-9-13-5-3-4-6-14(13)10-15/h3-6,11-12,15-16H,7-10H2,1-2H3,(H2,20,21,24)/t16-/m1/s1. The number of carbonyl (C=O) groups excluding carboxylic acids is 1. The molecule has 1 heterocycles. The fraction of sp³-hybridized carbons (Fsp3) is 0.526. The molecule has 0 unspecified atom stereocenters. The minimum atomic E-state index is -0.274. The Morgan fingerprint density at radius 2 is 1.88 bits per heavy atom. The second kappa shape index (κ2) is 6.50. The molecule has 0 radical (unpaired) electrons. The van der Waals surface area contributed by atoms with Gasteiger partial charge in [0.1, 0.15) is 6.04 Å². The first-order valence-electron chi connectivity index (χ1n) is 9.07. The molecule has 2 amide bonds. The number of hydrogen-bond donors (Lipinski definition) is 2. The van der Waals surface area contributed by atoms with Gasteiger partial charge in [-0.25, -0.2) is 4.79 Å². The van der Waals surface area contributed by atoms with E-state index in [-0.39, 0.29) is 24.0 Å². The number of urea groups is 1. The number of nitrogens with one attached hydrogen (secondary N) is 2. The van der Waals surface area contributed by atoms with E-state index >= 15 is 0 Å². The van der Waals surface area contributed by atoms with Crippen molar-refractivity contribution in [1.29, 1.82) is 0 Å². The van der Waals surface area contributed by atoms with Gasteiger partial charge in [-0.05, 0) is 42.7 Å². The van der Waals surface area contributed by atoms with Gasteiger partial charge in [-0.15, -0.1) is 0 Å². The van der Waals surface area contributed by atoms with Crippen molar-refractivity contribution in [3.63, 3.8) is 0 Å². The van der Waals surface area contributed by atoms with E-state index in [2.05, 4.69) is 32.9 Å². The molecule has 1 aromatic heterocycles. The molecule has 0 aliphatic heterocycles. The van der Waals surface area contributed by atoms with Gasteiger partial charge in [-0.1, -0.05) is 43.3 Å². The van der Waals surface area contributed by atoms with Crippen LogP contribution >= 0.6 is 0 Å². The van der Waals surface area contributed by atoms with Crippen LogP contribution in [0.25, 0.3) is 0 Å². The van der Waals surface area contributed by atoms with Crippen LogP contribution in [0.3, 0.4) is 0 Å². The molecule has 25 heavy (non-hydrogen) atoms. The minimum absolute atomic E-state index is 0.134. The normalized spacial score (nSPS) is 18.2. The molecule has 1 saturated carbocycles. The van der Waals surface area contributed by atoms with Gasteiger partial charge < -0.3 is 15.2 Å². The van der Waals surface area contributed by atoms with Gasteiger partial charge in [0.25, 0.3) is 0 Å². The van der Waals surface area contributed by atoms with E-state index in [0.717, 1.165) is 31.5 Å². The summed E-state index contributed by atoms with van der Waals surface area (Å²) in [7, 11) is 0. The zero-order chi connectivity index (χ0) is 17.4. The van der Waals surface area contributed by atoms with Crippen LogP contribution in [0.1, 0.15) is 61.5 Å².